The third-order valence-corrected chi connectivity index (χ3v) is 4.73. The second-order valence-electron chi connectivity index (χ2n) is 5.74. The van der Waals surface area contributed by atoms with Gasteiger partial charge in [0, 0.05) is 22.1 Å². The van der Waals surface area contributed by atoms with Gasteiger partial charge in [0.25, 0.3) is 11.7 Å². The summed E-state index contributed by atoms with van der Waals surface area (Å²) < 4.78 is 15.2. The fraction of sp³-hybridized carbons (Fsp3) is 0.158. The topological polar surface area (TPSA) is 77.8 Å². The van der Waals surface area contributed by atoms with Crippen molar-refractivity contribution in [2.24, 2.45) is 0 Å². The molecule has 0 aliphatic carbocycles. The molecule has 26 heavy (non-hydrogen) atoms. The number of carbonyl (C=O) groups excluding carboxylic acids is 2. The zero-order chi connectivity index (χ0) is 18.8. The Morgan fingerprint density at radius 2 is 1.77 bits per heavy atom. The van der Waals surface area contributed by atoms with E-state index in [9.17, 15) is 24.2 Å². The summed E-state index contributed by atoms with van der Waals surface area (Å²) in [5, 5.41) is 19.9. The van der Waals surface area contributed by atoms with Gasteiger partial charge in [-0.1, -0.05) is 46.3 Å². The molecule has 1 atom stereocenters. The minimum Gasteiger partial charge on any atom is -0.507 e. The number of likely N-dealkylation sites (tertiary alicyclic amines) is 1. The van der Waals surface area contributed by atoms with Crippen LogP contribution in [-0.4, -0.2) is 40.0 Å². The minimum absolute atomic E-state index is 0.0822. The number of carbonyl (C=O) groups is 2. The summed E-state index contributed by atoms with van der Waals surface area (Å²) in [6, 6.07) is 11.1. The number of aliphatic hydroxyl groups is 2. The van der Waals surface area contributed by atoms with Crippen molar-refractivity contribution in [3.8, 4) is 0 Å². The van der Waals surface area contributed by atoms with Gasteiger partial charge in [-0.2, -0.15) is 0 Å². The molecule has 134 valence electrons. The van der Waals surface area contributed by atoms with E-state index in [-0.39, 0.29) is 23.4 Å². The summed E-state index contributed by atoms with van der Waals surface area (Å²) in [7, 11) is 0. The lowest BCUT2D eigenvalue weighted by molar-refractivity contribution is -0.140. The summed E-state index contributed by atoms with van der Waals surface area (Å²) in [6.45, 7) is -0.545. The molecule has 1 aliphatic rings. The number of nitrogens with zero attached hydrogens (tertiary/aromatic N) is 1. The van der Waals surface area contributed by atoms with E-state index in [2.05, 4.69) is 15.9 Å². The lowest BCUT2D eigenvalue weighted by Crippen LogP contribution is -2.32. The second-order valence-corrected chi connectivity index (χ2v) is 6.66. The highest BCUT2D eigenvalue weighted by Crippen LogP contribution is 2.40. The molecule has 2 N–H and O–H groups in total. The number of halogens is 2. The lowest BCUT2D eigenvalue weighted by atomic mass is 9.95. The van der Waals surface area contributed by atoms with Crippen LogP contribution in [-0.2, 0) is 9.59 Å². The molecule has 1 fully saturated rings. The molecule has 0 saturated carbocycles. The van der Waals surface area contributed by atoms with Gasteiger partial charge >= 0.3 is 0 Å². The van der Waals surface area contributed by atoms with E-state index in [1.165, 1.54) is 18.2 Å². The maximum absolute atomic E-state index is 14.4. The van der Waals surface area contributed by atoms with Crippen molar-refractivity contribution in [2.45, 2.75) is 6.04 Å². The van der Waals surface area contributed by atoms with Gasteiger partial charge in [-0.25, -0.2) is 4.39 Å². The van der Waals surface area contributed by atoms with Crippen LogP contribution in [0, 0.1) is 5.82 Å². The van der Waals surface area contributed by atoms with Gasteiger partial charge in [0.05, 0.1) is 18.2 Å². The summed E-state index contributed by atoms with van der Waals surface area (Å²) in [5.74, 6) is -2.79. The van der Waals surface area contributed by atoms with Crippen LogP contribution in [0.4, 0.5) is 4.39 Å². The van der Waals surface area contributed by atoms with Gasteiger partial charge in [-0.05, 0) is 18.2 Å². The van der Waals surface area contributed by atoms with Crippen LogP contribution in [0.2, 0.25) is 0 Å². The van der Waals surface area contributed by atoms with Gasteiger partial charge < -0.3 is 15.1 Å². The summed E-state index contributed by atoms with van der Waals surface area (Å²) in [5.41, 5.74) is 0.214. The molecule has 0 aromatic heterocycles. The Balaban J connectivity index is 2.21. The lowest BCUT2D eigenvalue weighted by Gasteiger charge is -2.24. The van der Waals surface area contributed by atoms with Crippen molar-refractivity contribution in [1.29, 1.82) is 0 Å². The number of ketones is 1. The first-order valence-electron chi connectivity index (χ1n) is 7.85. The Labute approximate surface area is 157 Å². The van der Waals surface area contributed by atoms with Crippen LogP contribution in [0.1, 0.15) is 17.2 Å². The highest BCUT2D eigenvalue weighted by atomic mass is 79.9. The average Bonchev–Trinajstić information content (AvgIpc) is 2.87. The highest BCUT2D eigenvalue weighted by molar-refractivity contribution is 9.10. The monoisotopic (exact) mass is 419 g/mol. The number of β-amino-alcohol motifs (C(OH)–C–C–N with tert-alkyl or cyclic N) is 1. The zero-order valence-electron chi connectivity index (χ0n) is 13.5. The van der Waals surface area contributed by atoms with Crippen LogP contribution in [0.25, 0.3) is 5.76 Å². The van der Waals surface area contributed by atoms with E-state index >= 15 is 0 Å². The first kappa shape index (κ1) is 18.3. The van der Waals surface area contributed by atoms with E-state index in [1.807, 2.05) is 0 Å². The van der Waals surface area contributed by atoms with Gasteiger partial charge in [0.2, 0.25) is 0 Å². The van der Waals surface area contributed by atoms with E-state index < -0.39 is 30.2 Å². The maximum atomic E-state index is 14.4. The molecule has 0 radical (unpaired) electrons. The van der Waals surface area contributed by atoms with Crippen molar-refractivity contribution >= 4 is 33.4 Å². The fourth-order valence-corrected chi connectivity index (χ4v) is 3.27. The molecule has 0 spiro atoms. The molecule has 2 aromatic carbocycles. The first-order chi connectivity index (χ1) is 12.5. The van der Waals surface area contributed by atoms with E-state index in [4.69, 9.17) is 0 Å². The second kappa shape index (κ2) is 7.39. The van der Waals surface area contributed by atoms with Crippen molar-refractivity contribution in [2.75, 3.05) is 13.2 Å². The smallest absolute Gasteiger partial charge is 0.295 e. The predicted octanol–water partition coefficient (Wildman–Crippen LogP) is 3.00. The van der Waals surface area contributed by atoms with Gasteiger partial charge in [0.15, 0.2) is 0 Å². The van der Waals surface area contributed by atoms with Crippen LogP contribution in [0.15, 0.2) is 58.6 Å². The summed E-state index contributed by atoms with van der Waals surface area (Å²) in [4.78, 5) is 26.0. The molecule has 5 nitrogen and oxygen atoms in total. The molecule has 2 aromatic rings. The molecule has 1 unspecified atom stereocenters. The third kappa shape index (κ3) is 3.15. The number of hydrogen-bond acceptors (Lipinski definition) is 4. The summed E-state index contributed by atoms with van der Waals surface area (Å²) in [6.07, 6.45) is 0. The van der Waals surface area contributed by atoms with Gasteiger partial charge in [-0.15, -0.1) is 0 Å². The third-order valence-electron chi connectivity index (χ3n) is 4.20. The fourth-order valence-electron chi connectivity index (χ4n) is 3.00. The number of benzene rings is 2. The maximum Gasteiger partial charge on any atom is 0.295 e. The first-order valence-corrected chi connectivity index (χ1v) is 8.64. The van der Waals surface area contributed by atoms with Crippen LogP contribution in [0.5, 0.6) is 0 Å². The number of Topliss-reactive ketones (excluding diaryl/α,β-unsaturated/α-hetero) is 1. The van der Waals surface area contributed by atoms with Gasteiger partial charge in [0.1, 0.15) is 11.6 Å². The highest BCUT2D eigenvalue weighted by Gasteiger charge is 2.46. The molecular weight excluding hydrogens is 405 g/mol. The van der Waals surface area contributed by atoms with Crippen LogP contribution >= 0.6 is 15.9 Å². The van der Waals surface area contributed by atoms with E-state index in [0.717, 1.165) is 9.37 Å². The number of aliphatic hydroxyl groups excluding tert-OH is 2. The van der Waals surface area contributed by atoms with E-state index in [0.29, 0.717) is 5.56 Å². The predicted molar refractivity (Wildman–Crippen MR) is 96.6 cm³/mol. The minimum atomic E-state index is -1.10. The molecule has 3 rings (SSSR count). The number of rotatable bonds is 4. The largest absolute Gasteiger partial charge is 0.507 e. The average molecular weight is 420 g/mol. The molecule has 1 saturated heterocycles. The van der Waals surface area contributed by atoms with E-state index in [1.54, 1.807) is 30.3 Å². The quantitative estimate of drug-likeness (QED) is 0.453. The van der Waals surface area contributed by atoms with Gasteiger partial charge in [-0.3, -0.25) is 9.59 Å². The Bertz CT molecular complexity index is 895. The molecule has 1 heterocycles. The van der Waals surface area contributed by atoms with Crippen molar-refractivity contribution in [1.82, 2.24) is 4.90 Å². The SMILES string of the molecule is O=C1C(=O)N(CCO)C(c2ccccc2F)/C1=C(/O)c1ccc(Br)cc1. The number of hydrogen-bond donors (Lipinski definition) is 2. The van der Waals surface area contributed by atoms with Crippen molar-refractivity contribution in [3.05, 3.63) is 75.5 Å². The zero-order valence-corrected chi connectivity index (χ0v) is 15.1. The number of amides is 1. The van der Waals surface area contributed by atoms with Crippen LogP contribution < -0.4 is 0 Å². The Morgan fingerprint density at radius 1 is 1.12 bits per heavy atom. The Morgan fingerprint density at radius 3 is 2.38 bits per heavy atom. The van der Waals surface area contributed by atoms with Crippen LogP contribution in [0.3, 0.4) is 0 Å². The molecule has 1 amide bonds. The Hall–Kier alpha value is -2.51. The Kier molecular flexibility index (Phi) is 5.20. The van der Waals surface area contributed by atoms with Crippen molar-refractivity contribution < 1.29 is 24.2 Å². The molecule has 1 aliphatic heterocycles. The van der Waals surface area contributed by atoms with Crippen molar-refractivity contribution in [3.63, 3.8) is 0 Å². The molecular formula is C19H15BrFNO4. The molecule has 0 bridgehead atoms. The molecule has 7 heteroatoms. The summed E-state index contributed by atoms with van der Waals surface area (Å²) >= 11 is 3.28. The normalized spacial score (nSPS) is 19.2. The standard InChI is InChI=1S/C19H15BrFNO4/c20-12-7-5-11(6-8-12)17(24)15-16(13-3-1-2-4-14(13)21)22(9-10-23)19(26)18(15)25/h1-8,16,23-24H,9-10H2/b17-15-.